The van der Waals surface area contributed by atoms with Gasteiger partial charge in [0.15, 0.2) is 0 Å². The predicted octanol–water partition coefficient (Wildman–Crippen LogP) is 7.45. The molecule has 0 spiro atoms. The number of carbonyl (C=O) groups excluding carboxylic acids is 3. The summed E-state index contributed by atoms with van der Waals surface area (Å²) in [7, 11) is 0. The van der Waals surface area contributed by atoms with Crippen molar-refractivity contribution in [3.63, 3.8) is 0 Å². The highest BCUT2D eigenvalue weighted by Gasteiger charge is 2.47. The van der Waals surface area contributed by atoms with Gasteiger partial charge < -0.3 is 14.2 Å². The summed E-state index contributed by atoms with van der Waals surface area (Å²) in [6.07, 6.45) is 10.5. The minimum atomic E-state index is -0.539. The highest BCUT2D eigenvalue weighted by atomic mass is 16.6. The van der Waals surface area contributed by atoms with Crippen molar-refractivity contribution in [2.75, 3.05) is 19.8 Å². The Morgan fingerprint density at radius 2 is 1.19 bits per heavy atom. The third-order valence-electron chi connectivity index (χ3n) is 7.20. The van der Waals surface area contributed by atoms with Crippen LogP contribution in [0.2, 0.25) is 0 Å². The van der Waals surface area contributed by atoms with E-state index < -0.39 is 23.9 Å². The summed E-state index contributed by atoms with van der Waals surface area (Å²) in [6.45, 7) is 10.7. The van der Waals surface area contributed by atoms with E-state index in [-0.39, 0.29) is 12.5 Å². The summed E-state index contributed by atoms with van der Waals surface area (Å²) >= 11 is 0. The average molecular weight is 520 g/mol. The molecule has 1 aliphatic heterocycles. The molecular weight excluding hydrogens is 470 g/mol. The molecule has 0 aromatic carbocycles. The number of unbranched alkanes of at least 4 members (excludes halogenated alkanes) is 2. The molecule has 1 aliphatic carbocycles. The third kappa shape index (κ3) is 8.08. The summed E-state index contributed by atoms with van der Waals surface area (Å²) in [6, 6.07) is 0. The van der Waals surface area contributed by atoms with E-state index >= 15 is 0 Å². The highest BCUT2D eigenvalue weighted by molar-refractivity contribution is 5.99. The summed E-state index contributed by atoms with van der Waals surface area (Å²) < 4.78 is 17.0. The van der Waals surface area contributed by atoms with Crippen molar-refractivity contribution >= 4 is 18.0 Å². The van der Waals surface area contributed by atoms with E-state index in [1.807, 2.05) is 13.8 Å². The highest BCUT2D eigenvalue weighted by Crippen LogP contribution is 2.47. The van der Waals surface area contributed by atoms with E-state index in [4.69, 9.17) is 14.2 Å². The maximum absolute atomic E-state index is 13.8. The van der Waals surface area contributed by atoms with Gasteiger partial charge in [-0.3, -0.25) is 4.90 Å². The van der Waals surface area contributed by atoms with Crippen LogP contribution in [0.5, 0.6) is 0 Å². The van der Waals surface area contributed by atoms with Crippen LogP contribution in [0.25, 0.3) is 0 Å². The molecule has 0 unspecified atom stereocenters. The Kier molecular flexibility index (Phi) is 13.8. The van der Waals surface area contributed by atoms with Crippen molar-refractivity contribution in [1.82, 2.24) is 4.90 Å². The number of amides is 1. The molecule has 0 saturated heterocycles. The molecule has 0 aromatic rings. The maximum atomic E-state index is 13.8. The molecule has 1 fully saturated rings. The predicted molar refractivity (Wildman–Crippen MR) is 145 cm³/mol. The lowest BCUT2D eigenvalue weighted by molar-refractivity contribution is -0.141. The van der Waals surface area contributed by atoms with Crippen LogP contribution in [0, 0.1) is 11.8 Å². The van der Waals surface area contributed by atoms with Crippen LogP contribution in [0.15, 0.2) is 22.5 Å². The van der Waals surface area contributed by atoms with E-state index in [2.05, 4.69) is 13.8 Å². The molecule has 210 valence electrons. The Labute approximate surface area is 224 Å². The van der Waals surface area contributed by atoms with Crippen molar-refractivity contribution in [2.24, 2.45) is 11.8 Å². The standard InChI is InChI=1S/C30H49NO6/c1-6-11-18-23-26(28(32)36-20-8-3)25(22-16-14-13-15-17-22)27(29(33)37-21-9-4)24(19-12-7-2)31(23)30(34)35-10-5/h22,25H,6-21H2,1-5H3. The van der Waals surface area contributed by atoms with Crippen LogP contribution in [0.4, 0.5) is 4.79 Å². The Morgan fingerprint density at radius 1 is 0.703 bits per heavy atom. The number of nitrogens with zero attached hydrogens (tertiary/aromatic N) is 1. The fourth-order valence-electron chi connectivity index (χ4n) is 5.47. The number of esters is 2. The Balaban J connectivity index is 2.86. The van der Waals surface area contributed by atoms with Gasteiger partial charge >= 0.3 is 18.0 Å². The van der Waals surface area contributed by atoms with Crippen LogP contribution < -0.4 is 0 Å². The molecular formula is C30H49NO6. The molecule has 0 N–H and O–H groups in total. The molecule has 0 aromatic heterocycles. The molecule has 0 atom stereocenters. The summed E-state index contributed by atoms with van der Waals surface area (Å²) in [5.74, 6) is -1.15. The van der Waals surface area contributed by atoms with Crippen molar-refractivity contribution in [3.8, 4) is 0 Å². The van der Waals surface area contributed by atoms with Gasteiger partial charge in [0.2, 0.25) is 0 Å². The van der Waals surface area contributed by atoms with Gasteiger partial charge in [-0.15, -0.1) is 0 Å². The van der Waals surface area contributed by atoms with Crippen LogP contribution in [-0.2, 0) is 23.8 Å². The number of carbonyl (C=O) groups is 3. The molecule has 1 heterocycles. The number of allylic oxidation sites excluding steroid dienone is 2. The second kappa shape index (κ2) is 16.5. The fourth-order valence-corrected chi connectivity index (χ4v) is 5.47. The van der Waals surface area contributed by atoms with Gasteiger partial charge in [0.05, 0.1) is 31.0 Å². The SMILES string of the molecule is CCCCC1=C(C(=O)OCCC)C(C2CCCCC2)C(C(=O)OCCC)=C(CCCC)N1C(=O)OCC. The van der Waals surface area contributed by atoms with Gasteiger partial charge in [0.25, 0.3) is 0 Å². The molecule has 1 amide bonds. The first-order chi connectivity index (χ1) is 18.0. The molecule has 7 heteroatoms. The van der Waals surface area contributed by atoms with Gasteiger partial charge in [-0.1, -0.05) is 59.8 Å². The molecule has 1 saturated carbocycles. The zero-order chi connectivity index (χ0) is 27.2. The minimum Gasteiger partial charge on any atom is -0.462 e. The number of rotatable bonds is 14. The Bertz CT molecular complexity index is 774. The van der Waals surface area contributed by atoms with Gasteiger partial charge in [0.1, 0.15) is 0 Å². The first-order valence-electron chi connectivity index (χ1n) is 14.7. The van der Waals surface area contributed by atoms with E-state index in [9.17, 15) is 14.4 Å². The lowest BCUT2D eigenvalue weighted by Crippen LogP contribution is -2.43. The maximum Gasteiger partial charge on any atom is 0.418 e. The molecule has 37 heavy (non-hydrogen) atoms. The summed E-state index contributed by atoms with van der Waals surface area (Å²) in [5, 5.41) is 0. The van der Waals surface area contributed by atoms with Crippen molar-refractivity contribution in [2.45, 2.75) is 118 Å². The third-order valence-corrected chi connectivity index (χ3v) is 7.20. The van der Waals surface area contributed by atoms with Crippen LogP contribution >= 0.6 is 0 Å². The normalized spacial score (nSPS) is 17.3. The zero-order valence-electron chi connectivity index (χ0n) is 23.9. The zero-order valence-corrected chi connectivity index (χ0v) is 23.9. The molecule has 7 nitrogen and oxygen atoms in total. The second-order valence-corrected chi connectivity index (χ2v) is 10.1. The van der Waals surface area contributed by atoms with Crippen molar-refractivity contribution in [3.05, 3.63) is 22.5 Å². The molecule has 0 radical (unpaired) electrons. The van der Waals surface area contributed by atoms with Gasteiger partial charge in [0, 0.05) is 17.3 Å². The van der Waals surface area contributed by atoms with Crippen LogP contribution in [0.3, 0.4) is 0 Å². The Morgan fingerprint density at radius 3 is 1.59 bits per heavy atom. The topological polar surface area (TPSA) is 82.1 Å². The van der Waals surface area contributed by atoms with Gasteiger partial charge in [-0.05, 0) is 64.2 Å². The summed E-state index contributed by atoms with van der Waals surface area (Å²) in [5.41, 5.74) is 2.22. The van der Waals surface area contributed by atoms with E-state index in [0.29, 0.717) is 61.4 Å². The average Bonchev–Trinajstić information content (AvgIpc) is 2.91. The van der Waals surface area contributed by atoms with Crippen LogP contribution in [0.1, 0.15) is 118 Å². The summed E-state index contributed by atoms with van der Waals surface area (Å²) in [4.78, 5) is 42.6. The second-order valence-electron chi connectivity index (χ2n) is 10.1. The smallest absolute Gasteiger partial charge is 0.418 e. The number of ether oxygens (including phenoxy) is 3. The lowest BCUT2D eigenvalue weighted by Gasteiger charge is -2.42. The van der Waals surface area contributed by atoms with E-state index in [0.717, 1.165) is 57.8 Å². The number of hydrogen-bond acceptors (Lipinski definition) is 6. The quantitative estimate of drug-likeness (QED) is 0.175. The van der Waals surface area contributed by atoms with E-state index in [1.165, 1.54) is 0 Å². The molecule has 2 rings (SSSR count). The lowest BCUT2D eigenvalue weighted by atomic mass is 9.69. The first-order valence-corrected chi connectivity index (χ1v) is 14.7. The fraction of sp³-hybridized carbons (Fsp3) is 0.767. The van der Waals surface area contributed by atoms with Crippen molar-refractivity contribution in [1.29, 1.82) is 0 Å². The Hall–Kier alpha value is -2.31. The van der Waals surface area contributed by atoms with Crippen molar-refractivity contribution < 1.29 is 28.6 Å². The van der Waals surface area contributed by atoms with Gasteiger partial charge in [-0.2, -0.15) is 0 Å². The van der Waals surface area contributed by atoms with E-state index in [1.54, 1.807) is 11.8 Å². The molecule has 0 bridgehead atoms. The number of hydrogen-bond donors (Lipinski definition) is 0. The monoisotopic (exact) mass is 519 g/mol. The van der Waals surface area contributed by atoms with Crippen LogP contribution in [-0.4, -0.2) is 42.8 Å². The minimum absolute atomic E-state index is 0.125. The largest absolute Gasteiger partial charge is 0.462 e. The van der Waals surface area contributed by atoms with Gasteiger partial charge in [-0.25, -0.2) is 14.4 Å². The molecule has 2 aliphatic rings. The first kappa shape index (κ1) is 30.9.